The highest BCUT2D eigenvalue weighted by Gasteiger charge is 2.26. The average Bonchev–Trinajstić information content (AvgIpc) is 2.61. The Morgan fingerprint density at radius 1 is 0.750 bits per heavy atom. The number of carbonyl (C=O) groups is 1. The number of benzene rings is 2. The lowest BCUT2D eigenvalue weighted by molar-refractivity contribution is -0.118. The molecule has 1 aliphatic heterocycles. The summed E-state index contributed by atoms with van der Waals surface area (Å²) in [6.07, 6.45) is 2.07. The number of nitrogens with one attached hydrogen (secondary N) is 1. The molecule has 0 unspecified atom stereocenters. The minimum atomic E-state index is 0.345. The maximum Gasteiger partial charge on any atom is 0.137 e. The Kier molecular flexibility index (Phi) is 2.49. The highest BCUT2D eigenvalue weighted by molar-refractivity contribution is 6.08. The molecule has 20 heavy (non-hydrogen) atoms. The van der Waals surface area contributed by atoms with Gasteiger partial charge in [0, 0.05) is 35.3 Å². The van der Waals surface area contributed by atoms with Crippen LogP contribution >= 0.6 is 0 Å². The molecule has 0 fully saturated rings. The first-order valence-corrected chi connectivity index (χ1v) is 7.02. The van der Waals surface area contributed by atoms with Gasteiger partial charge in [0.05, 0.1) is 0 Å². The summed E-state index contributed by atoms with van der Waals surface area (Å²) in [4.78, 5) is 11.9. The summed E-state index contributed by atoms with van der Waals surface area (Å²) >= 11 is 0. The second kappa shape index (κ2) is 4.34. The molecular formula is C18H15NO. The van der Waals surface area contributed by atoms with Crippen molar-refractivity contribution in [3.05, 3.63) is 59.7 Å². The number of Topliss-reactive ketones (excluding diaryl/α,β-unsaturated/α-hetero) is 1. The van der Waals surface area contributed by atoms with Crippen molar-refractivity contribution in [2.45, 2.75) is 19.3 Å². The van der Waals surface area contributed by atoms with Crippen molar-refractivity contribution in [2.24, 2.45) is 0 Å². The van der Waals surface area contributed by atoms with Gasteiger partial charge in [-0.1, -0.05) is 36.4 Å². The van der Waals surface area contributed by atoms with E-state index in [1.807, 2.05) is 18.2 Å². The van der Waals surface area contributed by atoms with Crippen molar-refractivity contribution in [3.8, 4) is 0 Å². The van der Waals surface area contributed by atoms with E-state index in [1.54, 1.807) is 0 Å². The number of para-hydroxylation sites is 2. The molecule has 1 N–H and O–H groups in total. The number of ketones is 1. The average molecular weight is 261 g/mol. The molecule has 0 bridgehead atoms. The monoisotopic (exact) mass is 261 g/mol. The third-order valence-corrected chi connectivity index (χ3v) is 4.17. The normalized spacial score (nSPS) is 16.7. The predicted octanol–water partition coefficient (Wildman–Crippen LogP) is 4.41. The van der Waals surface area contributed by atoms with E-state index in [4.69, 9.17) is 0 Å². The van der Waals surface area contributed by atoms with Gasteiger partial charge >= 0.3 is 0 Å². The lowest BCUT2D eigenvalue weighted by atomic mass is 9.83. The van der Waals surface area contributed by atoms with Crippen LogP contribution in [0.4, 0.5) is 11.4 Å². The van der Waals surface area contributed by atoms with Crippen molar-refractivity contribution in [3.63, 3.8) is 0 Å². The van der Waals surface area contributed by atoms with E-state index in [0.717, 1.165) is 17.8 Å². The topological polar surface area (TPSA) is 29.1 Å². The smallest absolute Gasteiger partial charge is 0.137 e. The van der Waals surface area contributed by atoms with Crippen LogP contribution in [0.15, 0.2) is 48.5 Å². The van der Waals surface area contributed by atoms with E-state index in [-0.39, 0.29) is 0 Å². The molecule has 0 amide bonds. The fourth-order valence-corrected chi connectivity index (χ4v) is 3.22. The van der Waals surface area contributed by atoms with Crippen LogP contribution in [0.1, 0.15) is 30.4 Å². The fourth-order valence-electron chi connectivity index (χ4n) is 3.22. The van der Waals surface area contributed by atoms with Crippen LogP contribution in [0, 0.1) is 0 Å². The number of carbonyl (C=O) groups excluding carboxylic acids is 1. The second-order valence-electron chi connectivity index (χ2n) is 5.39. The molecule has 0 atom stereocenters. The van der Waals surface area contributed by atoms with Gasteiger partial charge in [-0.2, -0.15) is 0 Å². The van der Waals surface area contributed by atoms with Gasteiger partial charge in [0.15, 0.2) is 0 Å². The highest BCUT2D eigenvalue weighted by Crippen LogP contribution is 2.44. The third-order valence-electron chi connectivity index (χ3n) is 4.17. The van der Waals surface area contributed by atoms with E-state index >= 15 is 0 Å². The molecule has 1 heterocycles. The zero-order chi connectivity index (χ0) is 13.5. The molecule has 2 aromatic rings. The van der Waals surface area contributed by atoms with E-state index in [0.29, 0.717) is 18.6 Å². The molecule has 0 spiro atoms. The van der Waals surface area contributed by atoms with Gasteiger partial charge in [-0.15, -0.1) is 0 Å². The summed E-state index contributed by atoms with van der Waals surface area (Å²) in [6.45, 7) is 0. The quantitative estimate of drug-likeness (QED) is 0.761. The first-order chi connectivity index (χ1) is 9.83. The first-order valence-electron chi connectivity index (χ1n) is 7.02. The Hall–Kier alpha value is -2.35. The second-order valence-corrected chi connectivity index (χ2v) is 5.39. The summed E-state index contributed by atoms with van der Waals surface area (Å²) in [5.41, 5.74) is 7.18. The van der Waals surface area contributed by atoms with Crippen LogP contribution < -0.4 is 5.32 Å². The molecule has 1 aliphatic carbocycles. The molecule has 2 aliphatic rings. The van der Waals surface area contributed by atoms with Gasteiger partial charge < -0.3 is 5.32 Å². The van der Waals surface area contributed by atoms with Gasteiger partial charge in [0.2, 0.25) is 0 Å². The van der Waals surface area contributed by atoms with E-state index in [1.165, 1.54) is 22.3 Å². The Labute approximate surface area is 118 Å². The lowest BCUT2D eigenvalue weighted by Gasteiger charge is -2.19. The molecule has 2 nitrogen and oxygen atoms in total. The Balaban J connectivity index is 2.04. The molecule has 98 valence electrons. The number of allylic oxidation sites excluding steroid dienone is 2. The summed E-state index contributed by atoms with van der Waals surface area (Å²) in [5.74, 6) is 0.345. The molecule has 2 heteroatoms. The number of rotatable bonds is 0. The molecule has 0 saturated carbocycles. The zero-order valence-corrected chi connectivity index (χ0v) is 11.1. The van der Waals surface area contributed by atoms with Gasteiger partial charge in [0.1, 0.15) is 5.78 Å². The maximum absolute atomic E-state index is 11.9. The zero-order valence-electron chi connectivity index (χ0n) is 11.1. The minimum absolute atomic E-state index is 0.345. The first kappa shape index (κ1) is 11.5. The summed E-state index contributed by atoms with van der Waals surface area (Å²) in [5, 5.41) is 3.52. The van der Waals surface area contributed by atoms with Crippen LogP contribution in [0.25, 0.3) is 11.1 Å². The molecule has 0 aromatic heterocycles. The number of hydrogen-bond donors (Lipinski definition) is 1. The highest BCUT2D eigenvalue weighted by atomic mass is 16.1. The maximum atomic E-state index is 11.9. The van der Waals surface area contributed by atoms with Crippen molar-refractivity contribution >= 4 is 28.3 Å². The van der Waals surface area contributed by atoms with Crippen molar-refractivity contribution in [1.82, 2.24) is 0 Å². The van der Waals surface area contributed by atoms with Crippen molar-refractivity contribution in [2.75, 3.05) is 5.32 Å². The molecule has 4 rings (SSSR count). The van der Waals surface area contributed by atoms with E-state index in [2.05, 4.69) is 35.6 Å². The third kappa shape index (κ3) is 1.68. The van der Waals surface area contributed by atoms with Gasteiger partial charge in [-0.3, -0.25) is 4.79 Å². The SMILES string of the molecule is O=C1CCC2=C(C1)c1ccccc1Nc1ccccc12. The van der Waals surface area contributed by atoms with Crippen LogP contribution in [0.5, 0.6) is 0 Å². The Morgan fingerprint density at radius 3 is 2.05 bits per heavy atom. The van der Waals surface area contributed by atoms with Crippen molar-refractivity contribution < 1.29 is 4.79 Å². The minimum Gasteiger partial charge on any atom is -0.355 e. The molecular weight excluding hydrogens is 246 g/mol. The van der Waals surface area contributed by atoms with Crippen LogP contribution in [0.2, 0.25) is 0 Å². The van der Waals surface area contributed by atoms with Crippen LogP contribution in [0.3, 0.4) is 0 Å². The summed E-state index contributed by atoms with van der Waals surface area (Å²) in [6, 6.07) is 16.7. The van der Waals surface area contributed by atoms with Gasteiger partial charge in [-0.05, 0) is 29.7 Å². The number of anilines is 2. The standard InChI is InChI=1S/C18H15NO/c20-12-9-10-13-14-5-1-3-7-17(14)19-18-8-4-2-6-15(18)16(13)11-12/h1-8,19H,9-11H2. The largest absolute Gasteiger partial charge is 0.355 e. The fraction of sp³-hybridized carbons (Fsp3) is 0.167. The summed E-state index contributed by atoms with van der Waals surface area (Å²) in [7, 11) is 0. The lowest BCUT2D eigenvalue weighted by Crippen LogP contribution is -2.08. The predicted molar refractivity (Wildman–Crippen MR) is 81.8 cm³/mol. The van der Waals surface area contributed by atoms with E-state index in [9.17, 15) is 4.79 Å². The molecule has 0 saturated heterocycles. The van der Waals surface area contributed by atoms with E-state index < -0.39 is 0 Å². The van der Waals surface area contributed by atoms with Gasteiger partial charge in [-0.25, -0.2) is 0 Å². The van der Waals surface area contributed by atoms with Crippen LogP contribution in [-0.2, 0) is 4.79 Å². The number of fused-ring (bicyclic) bond motifs is 4. The Bertz CT molecular complexity index is 743. The molecule has 0 radical (unpaired) electrons. The Morgan fingerprint density at radius 2 is 1.35 bits per heavy atom. The summed E-state index contributed by atoms with van der Waals surface area (Å²) < 4.78 is 0. The number of hydrogen-bond acceptors (Lipinski definition) is 2. The van der Waals surface area contributed by atoms with Crippen molar-refractivity contribution in [1.29, 1.82) is 0 Å². The van der Waals surface area contributed by atoms with Gasteiger partial charge in [0.25, 0.3) is 0 Å². The van der Waals surface area contributed by atoms with Crippen LogP contribution in [-0.4, -0.2) is 5.78 Å². The molecule has 2 aromatic carbocycles.